The summed E-state index contributed by atoms with van der Waals surface area (Å²) in [4.78, 5) is 22.5. The Morgan fingerprint density at radius 2 is 1.20 bits per heavy atom. The van der Waals surface area contributed by atoms with Gasteiger partial charge in [0, 0.05) is 36.6 Å². The number of pyridine rings is 2. The number of nitrogens with zero attached hydrogens (tertiary/aromatic N) is 3. The lowest BCUT2D eigenvalue weighted by Gasteiger charge is -2.31. The van der Waals surface area contributed by atoms with Crippen LogP contribution in [0.4, 0.5) is 4.79 Å². The van der Waals surface area contributed by atoms with Crippen LogP contribution in [-0.2, 0) is 4.74 Å². The van der Waals surface area contributed by atoms with E-state index >= 15 is 0 Å². The second kappa shape index (κ2) is 18.4. The van der Waals surface area contributed by atoms with Gasteiger partial charge in [-0.15, -0.1) is 12.4 Å². The number of nitrogens with one attached hydrogen (secondary N) is 1. The number of piperidine rings is 2. The van der Waals surface area contributed by atoms with E-state index < -0.39 is 5.60 Å². The normalized spacial score (nSPS) is 14.4. The average Bonchev–Trinajstić information content (AvgIpc) is 3.08. The van der Waals surface area contributed by atoms with Crippen molar-refractivity contribution in [2.75, 3.05) is 26.2 Å². The maximum Gasteiger partial charge on any atom is 0.410 e. The van der Waals surface area contributed by atoms with Crippen molar-refractivity contribution in [2.24, 2.45) is 0 Å². The lowest BCUT2D eigenvalue weighted by molar-refractivity contribution is 0.0237. The van der Waals surface area contributed by atoms with Crippen LogP contribution < -0.4 is 14.8 Å². The number of carbonyl (C=O) groups excluding carboxylic acids is 1. The number of aryl methyl sites for hydroxylation is 2. The molecule has 0 atom stereocenters. The molecule has 2 aromatic heterocycles. The Morgan fingerprint density at radius 3 is 1.66 bits per heavy atom. The fourth-order valence-electron chi connectivity index (χ4n) is 5.53. The van der Waals surface area contributed by atoms with Crippen LogP contribution in [0.15, 0.2) is 96.3 Å². The van der Waals surface area contributed by atoms with Crippen molar-refractivity contribution in [3.63, 3.8) is 0 Å². The molecule has 0 saturated carbocycles. The molecule has 2 aromatic carbocycles. The van der Waals surface area contributed by atoms with Crippen LogP contribution >= 0.6 is 12.4 Å². The minimum absolute atomic E-state index is 0. The zero-order valence-corrected chi connectivity index (χ0v) is 30.6. The number of likely N-dealkylation sites (tertiary alicyclic amines) is 1. The molecule has 2 aliphatic heterocycles. The molecular formula is C41H49ClN4O4. The first-order chi connectivity index (χ1) is 23.6. The predicted octanol–water partition coefficient (Wildman–Crippen LogP) is 9.97. The highest BCUT2D eigenvalue weighted by molar-refractivity contribution is 5.85. The van der Waals surface area contributed by atoms with E-state index in [0.29, 0.717) is 24.8 Å². The lowest BCUT2D eigenvalue weighted by atomic mass is 10.0. The Bertz CT molecular complexity index is 1760. The molecule has 0 aliphatic carbocycles. The van der Waals surface area contributed by atoms with Gasteiger partial charge in [0.05, 0.1) is 0 Å². The van der Waals surface area contributed by atoms with Gasteiger partial charge in [-0.05, 0) is 121 Å². The van der Waals surface area contributed by atoms with Crippen LogP contribution in [0.2, 0.25) is 0 Å². The molecule has 4 heterocycles. The molecule has 2 aliphatic rings. The zero-order valence-electron chi connectivity index (χ0n) is 29.8. The highest BCUT2D eigenvalue weighted by Crippen LogP contribution is 2.27. The van der Waals surface area contributed by atoms with Gasteiger partial charge in [0.2, 0.25) is 11.8 Å². The van der Waals surface area contributed by atoms with Crippen molar-refractivity contribution in [3.05, 3.63) is 119 Å². The number of hydrogen-bond acceptors (Lipinski definition) is 7. The second-order valence-corrected chi connectivity index (χ2v) is 13.4. The third kappa shape index (κ3) is 12.0. The number of hydrogen-bond donors (Lipinski definition) is 1. The Kier molecular flexibility index (Phi) is 14.0. The van der Waals surface area contributed by atoms with Gasteiger partial charge in [0.1, 0.15) is 17.1 Å². The summed E-state index contributed by atoms with van der Waals surface area (Å²) in [5.74, 6) is 2.89. The van der Waals surface area contributed by atoms with Crippen LogP contribution in [0.5, 0.6) is 23.3 Å². The van der Waals surface area contributed by atoms with E-state index in [4.69, 9.17) is 14.2 Å². The number of halogens is 1. The molecular weight excluding hydrogens is 648 g/mol. The highest BCUT2D eigenvalue weighted by atomic mass is 35.5. The van der Waals surface area contributed by atoms with Crippen molar-refractivity contribution in [1.29, 1.82) is 0 Å². The molecule has 1 N–H and O–H groups in total. The van der Waals surface area contributed by atoms with Gasteiger partial charge in [0.25, 0.3) is 0 Å². The van der Waals surface area contributed by atoms with E-state index in [0.717, 1.165) is 67.0 Å². The third-order valence-electron chi connectivity index (χ3n) is 8.11. The van der Waals surface area contributed by atoms with Crippen molar-refractivity contribution < 1.29 is 19.0 Å². The Balaban J connectivity index is 0.000000229. The summed E-state index contributed by atoms with van der Waals surface area (Å²) >= 11 is 0. The van der Waals surface area contributed by atoms with Crippen molar-refractivity contribution in [2.45, 2.75) is 65.9 Å². The van der Waals surface area contributed by atoms with Gasteiger partial charge < -0.3 is 24.4 Å². The molecule has 2 fully saturated rings. The average molecular weight is 697 g/mol. The van der Waals surface area contributed by atoms with E-state index in [-0.39, 0.29) is 18.5 Å². The Morgan fingerprint density at radius 1 is 0.720 bits per heavy atom. The Hall–Kier alpha value is -4.66. The fourth-order valence-corrected chi connectivity index (χ4v) is 5.53. The molecule has 0 unspecified atom stereocenters. The number of benzene rings is 2. The predicted molar refractivity (Wildman–Crippen MR) is 203 cm³/mol. The summed E-state index contributed by atoms with van der Waals surface area (Å²) in [6.45, 7) is 13.2. The maximum atomic E-state index is 12.2. The van der Waals surface area contributed by atoms with Gasteiger partial charge in [0.15, 0.2) is 0 Å². The SMILES string of the molecule is Cc1cccnc1Oc1cccc(C=C2CCN(C(=O)OC(C)(C)C)CC2)c1.Cc1cccnc1Oc1cccc(C=C2CCNCC2)c1.Cl. The summed E-state index contributed by atoms with van der Waals surface area (Å²) in [5, 5.41) is 3.38. The van der Waals surface area contributed by atoms with Gasteiger partial charge in [-0.3, -0.25) is 0 Å². The molecule has 9 heteroatoms. The third-order valence-corrected chi connectivity index (χ3v) is 8.11. The van der Waals surface area contributed by atoms with Crippen LogP contribution in [0.3, 0.4) is 0 Å². The first kappa shape index (κ1) is 38.1. The first-order valence-corrected chi connectivity index (χ1v) is 17.1. The topological polar surface area (TPSA) is 85.8 Å². The van der Waals surface area contributed by atoms with Crippen molar-refractivity contribution in [3.8, 4) is 23.3 Å². The zero-order chi connectivity index (χ0) is 34.6. The smallest absolute Gasteiger partial charge is 0.410 e. The van der Waals surface area contributed by atoms with E-state index in [2.05, 4.69) is 45.6 Å². The van der Waals surface area contributed by atoms with E-state index in [1.165, 1.54) is 16.7 Å². The highest BCUT2D eigenvalue weighted by Gasteiger charge is 2.24. The molecule has 50 heavy (non-hydrogen) atoms. The summed E-state index contributed by atoms with van der Waals surface area (Å²) < 4.78 is 17.3. The monoisotopic (exact) mass is 696 g/mol. The van der Waals surface area contributed by atoms with Crippen LogP contribution in [0.25, 0.3) is 12.2 Å². The standard InChI is InChI=1S/C23H28N2O3.C18H20N2O.ClH/c1-17-7-6-12-24-21(17)27-20-9-5-8-19(16-20)15-18-10-13-25(14-11-18)22(26)28-23(2,3)4;1-14-4-3-9-20-18(14)21-17-6-2-5-16(13-17)12-15-7-10-19-11-8-15;/h5-9,12,15-16H,10-11,13-14H2,1-4H3;2-6,9,12-13,19H,7-8,10-11H2,1H3;1H. The molecule has 6 rings (SSSR count). The molecule has 0 spiro atoms. The van der Waals surface area contributed by atoms with E-state index in [9.17, 15) is 4.79 Å². The number of ether oxygens (including phenoxy) is 3. The largest absolute Gasteiger partial charge is 0.444 e. The van der Waals surface area contributed by atoms with Crippen molar-refractivity contribution in [1.82, 2.24) is 20.2 Å². The van der Waals surface area contributed by atoms with Crippen LogP contribution in [-0.4, -0.2) is 52.7 Å². The summed E-state index contributed by atoms with van der Waals surface area (Å²) in [6.07, 6.45) is 11.7. The quantitative estimate of drug-likeness (QED) is 0.215. The molecule has 4 aromatic rings. The first-order valence-electron chi connectivity index (χ1n) is 17.1. The molecule has 0 bridgehead atoms. The number of aromatic nitrogens is 2. The second-order valence-electron chi connectivity index (χ2n) is 13.4. The minimum atomic E-state index is -0.459. The van der Waals surface area contributed by atoms with Gasteiger partial charge in [-0.2, -0.15) is 0 Å². The van der Waals surface area contributed by atoms with Crippen LogP contribution in [0, 0.1) is 13.8 Å². The molecule has 2 saturated heterocycles. The summed E-state index contributed by atoms with van der Waals surface area (Å²) in [5.41, 5.74) is 6.69. The van der Waals surface area contributed by atoms with Crippen LogP contribution in [0.1, 0.15) is 68.7 Å². The lowest BCUT2D eigenvalue weighted by Crippen LogP contribution is -2.40. The molecule has 0 radical (unpaired) electrons. The summed E-state index contributed by atoms with van der Waals surface area (Å²) in [6, 6.07) is 24.0. The van der Waals surface area contributed by atoms with E-state index in [1.807, 2.05) is 89.2 Å². The van der Waals surface area contributed by atoms with E-state index in [1.54, 1.807) is 17.3 Å². The fraction of sp³-hybridized carbons (Fsp3) is 0.341. The van der Waals surface area contributed by atoms with Gasteiger partial charge >= 0.3 is 6.09 Å². The molecule has 8 nitrogen and oxygen atoms in total. The molecule has 1 amide bonds. The van der Waals surface area contributed by atoms with Gasteiger partial charge in [-0.25, -0.2) is 14.8 Å². The minimum Gasteiger partial charge on any atom is -0.444 e. The maximum absolute atomic E-state index is 12.2. The Labute approximate surface area is 303 Å². The number of amides is 1. The van der Waals surface area contributed by atoms with Crippen molar-refractivity contribution >= 4 is 30.7 Å². The summed E-state index contributed by atoms with van der Waals surface area (Å²) in [7, 11) is 0. The number of carbonyl (C=O) groups is 1. The molecule has 264 valence electrons. The number of rotatable bonds is 6. The van der Waals surface area contributed by atoms with Gasteiger partial charge in [-0.1, -0.05) is 59.7 Å².